The molecule has 0 heterocycles. The van der Waals surface area contributed by atoms with Crippen LogP contribution in [-0.2, 0) is 0 Å². The molecule has 0 bridgehead atoms. The largest absolute Gasteiger partial charge is 0.495 e. The average Bonchev–Trinajstić information content (AvgIpc) is 2.13. The summed E-state index contributed by atoms with van der Waals surface area (Å²) in [5, 5.41) is 0. The Labute approximate surface area is 87.0 Å². The molecular weight excluding hydrogens is 260 g/mol. The summed E-state index contributed by atoms with van der Waals surface area (Å²) in [6.45, 7) is 0. The van der Waals surface area contributed by atoms with Gasteiger partial charge in [-0.05, 0) is 22.0 Å². The zero-order chi connectivity index (χ0) is 10.9. The first-order chi connectivity index (χ1) is 6.49. The summed E-state index contributed by atoms with van der Waals surface area (Å²) in [6, 6.07) is 0.696. The van der Waals surface area contributed by atoms with Crippen LogP contribution in [0.2, 0.25) is 0 Å². The molecule has 0 aliphatic heterocycles. The van der Waals surface area contributed by atoms with Gasteiger partial charge in [-0.2, -0.15) is 0 Å². The molecule has 0 radical (unpaired) electrons. The minimum Gasteiger partial charge on any atom is -0.495 e. The topological polar surface area (TPSA) is 52.3 Å². The van der Waals surface area contributed by atoms with E-state index in [1.54, 1.807) is 0 Å². The molecule has 0 saturated heterocycles. The van der Waals surface area contributed by atoms with Gasteiger partial charge in [0.15, 0.2) is 11.6 Å². The Morgan fingerprint density at radius 3 is 2.57 bits per heavy atom. The van der Waals surface area contributed by atoms with Crippen molar-refractivity contribution < 1.29 is 18.3 Å². The Balaban J connectivity index is 3.51. The smallest absolute Gasteiger partial charge is 0.252 e. The normalized spacial score (nSPS) is 10.0. The monoisotopic (exact) mass is 265 g/mol. The molecule has 0 spiro atoms. The highest BCUT2D eigenvalue weighted by molar-refractivity contribution is 9.10. The highest BCUT2D eigenvalue weighted by Gasteiger charge is 2.20. The lowest BCUT2D eigenvalue weighted by molar-refractivity contribution is 0.0996. The van der Waals surface area contributed by atoms with Crippen LogP contribution in [0.15, 0.2) is 10.5 Å². The number of nitrogens with two attached hydrogens (primary N) is 1. The fourth-order valence-corrected chi connectivity index (χ4v) is 1.53. The number of benzene rings is 1. The van der Waals surface area contributed by atoms with Crippen LogP contribution in [0.4, 0.5) is 8.78 Å². The highest BCUT2D eigenvalue weighted by Crippen LogP contribution is 2.32. The van der Waals surface area contributed by atoms with Gasteiger partial charge in [0.25, 0.3) is 5.91 Å². The van der Waals surface area contributed by atoms with E-state index in [9.17, 15) is 13.6 Å². The Morgan fingerprint density at radius 2 is 2.14 bits per heavy atom. The molecule has 1 rings (SSSR count). The number of rotatable bonds is 2. The van der Waals surface area contributed by atoms with Crippen LogP contribution in [0.3, 0.4) is 0 Å². The second-order valence-corrected chi connectivity index (χ2v) is 3.22. The molecule has 0 unspecified atom stereocenters. The van der Waals surface area contributed by atoms with E-state index in [2.05, 4.69) is 15.9 Å². The molecule has 0 aromatic heterocycles. The second kappa shape index (κ2) is 3.91. The summed E-state index contributed by atoms with van der Waals surface area (Å²) in [5.74, 6) is -3.28. The lowest BCUT2D eigenvalue weighted by Gasteiger charge is -2.08. The van der Waals surface area contributed by atoms with Crippen molar-refractivity contribution in [2.75, 3.05) is 7.11 Å². The predicted molar refractivity (Wildman–Crippen MR) is 49.1 cm³/mol. The quantitative estimate of drug-likeness (QED) is 0.830. The molecule has 14 heavy (non-hydrogen) atoms. The van der Waals surface area contributed by atoms with Gasteiger partial charge in [0, 0.05) is 0 Å². The van der Waals surface area contributed by atoms with Gasteiger partial charge in [0.05, 0.1) is 17.1 Å². The molecule has 3 nitrogen and oxygen atoms in total. The maximum Gasteiger partial charge on any atom is 0.252 e. The number of carbonyl (C=O) groups excluding carboxylic acids is 1. The van der Waals surface area contributed by atoms with Crippen LogP contribution in [-0.4, -0.2) is 13.0 Å². The van der Waals surface area contributed by atoms with Crippen LogP contribution in [0, 0.1) is 11.6 Å². The van der Waals surface area contributed by atoms with Crippen molar-refractivity contribution in [2.45, 2.75) is 0 Å². The van der Waals surface area contributed by atoms with E-state index in [1.165, 1.54) is 7.11 Å². The number of amides is 1. The van der Waals surface area contributed by atoms with Crippen LogP contribution in [0.1, 0.15) is 10.4 Å². The first-order valence-corrected chi connectivity index (χ1v) is 4.29. The molecule has 76 valence electrons. The SMILES string of the molecule is COc1c(C(N)=O)cc(F)c(F)c1Br. The van der Waals surface area contributed by atoms with Crippen molar-refractivity contribution >= 4 is 21.8 Å². The Hall–Kier alpha value is -1.17. The third kappa shape index (κ3) is 1.70. The van der Waals surface area contributed by atoms with E-state index < -0.39 is 17.5 Å². The molecule has 1 amide bonds. The lowest BCUT2D eigenvalue weighted by atomic mass is 10.2. The molecule has 1 aromatic rings. The van der Waals surface area contributed by atoms with Gasteiger partial charge in [-0.25, -0.2) is 8.78 Å². The maximum atomic E-state index is 13.0. The third-order valence-corrected chi connectivity index (χ3v) is 2.30. The van der Waals surface area contributed by atoms with E-state index in [1.807, 2.05) is 0 Å². The molecule has 0 saturated carbocycles. The van der Waals surface area contributed by atoms with E-state index >= 15 is 0 Å². The number of methoxy groups -OCH3 is 1. The van der Waals surface area contributed by atoms with Crippen molar-refractivity contribution in [2.24, 2.45) is 5.73 Å². The Bertz CT molecular complexity index is 395. The van der Waals surface area contributed by atoms with Gasteiger partial charge in [0.1, 0.15) is 5.75 Å². The molecule has 0 aliphatic rings. The molecular formula is C8H6BrF2NO2. The first kappa shape index (κ1) is 10.9. The van der Waals surface area contributed by atoms with Crippen LogP contribution < -0.4 is 10.5 Å². The Morgan fingerprint density at radius 1 is 1.57 bits per heavy atom. The summed E-state index contributed by atoms with van der Waals surface area (Å²) >= 11 is 2.76. The molecule has 0 atom stereocenters. The highest BCUT2D eigenvalue weighted by atomic mass is 79.9. The second-order valence-electron chi connectivity index (χ2n) is 2.43. The van der Waals surface area contributed by atoms with Crippen molar-refractivity contribution in [1.29, 1.82) is 0 Å². The maximum absolute atomic E-state index is 13.0. The molecule has 6 heteroatoms. The van der Waals surface area contributed by atoms with Crippen molar-refractivity contribution in [3.05, 3.63) is 27.7 Å². The fourth-order valence-electron chi connectivity index (χ4n) is 0.961. The van der Waals surface area contributed by atoms with Gasteiger partial charge < -0.3 is 10.5 Å². The molecule has 0 fully saturated rings. The average molecular weight is 266 g/mol. The summed E-state index contributed by atoms with van der Waals surface area (Å²) in [6.07, 6.45) is 0. The summed E-state index contributed by atoms with van der Waals surface area (Å²) < 4.78 is 30.3. The molecule has 1 aromatic carbocycles. The molecule has 2 N–H and O–H groups in total. The number of halogens is 3. The summed E-state index contributed by atoms with van der Waals surface area (Å²) in [7, 11) is 1.23. The van der Waals surface area contributed by atoms with Gasteiger partial charge in [-0.15, -0.1) is 0 Å². The number of carbonyl (C=O) groups is 1. The lowest BCUT2D eigenvalue weighted by Crippen LogP contribution is -2.14. The predicted octanol–water partition coefficient (Wildman–Crippen LogP) is 1.83. The molecule has 0 aliphatic carbocycles. The van der Waals surface area contributed by atoms with Crippen LogP contribution >= 0.6 is 15.9 Å². The Kier molecular flexibility index (Phi) is 3.05. The van der Waals surface area contributed by atoms with Crippen molar-refractivity contribution in [3.63, 3.8) is 0 Å². The van der Waals surface area contributed by atoms with Gasteiger partial charge >= 0.3 is 0 Å². The van der Waals surface area contributed by atoms with Crippen molar-refractivity contribution in [3.8, 4) is 5.75 Å². The number of primary amides is 1. The fraction of sp³-hybridized carbons (Fsp3) is 0.125. The standard InChI is InChI=1S/C8H6BrF2NO2/c1-14-7-3(8(12)13)2-4(10)6(11)5(7)9/h2H,1H3,(H2,12,13). The van der Waals surface area contributed by atoms with Crippen LogP contribution in [0.5, 0.6) is 5.75 Å². The minimum absolute atomic E-state index is 0.114. The number of ether oxygens (including phenoxy) is 1. The zero-order valence-electron chi connectivity index (χ0n) is 7.11. The first-order valence-electron chi connectivity index (χ1n) is 3.50. The van der Waals surface area contributed by atoms with Gasteiger partial charge in [-0.1, -0.05) is 0 Å². The van der Waals surface area contributed by atoms with Crippen LogP contribution in [0.25, 0.3) is 0 Å². The van der Waals surface area contributed by atoms with Gasteiger partial charge in [-0.3, -0.25) is 4.79 Å². The van der Waals surface area contributed by atoms with Crippen molar-refractivity contribution in [1.82, 2.24) is 0 Å². The van der Waals surface area contributed by atoms with Gasteiger partial charge in [0.2, 0.25) is 0 Å². The number of hydrogen-bond acceptors (Lipinski definition) is 2. The zero-order valence-corrected chi connectivity index (χ0v) is 8.69. The number of hydrogen-bond donors (Lipinski definition) is 1. The van der Waals surface area contributed by atoms with E-state index in [-0.39, 0.29) is 15.8 Å². The third-order valence-electron chi connectivity index (χ3n) is 1.59. The summed E-state index contributed by atoms with van der Waals surface area (Å²) in [5.41, 5.74) is 4.74. The van der Waals surface area contributed by atoms with E-state index in [0.717, 1.165) is 0 Å². The minimum atomic E-state index is -1.16. The van der Waals surface area contributed by atoms with E-state index in [0.29, 0.717) is 6.07 Å². The van der Waals surface area contributed by atoms with E-state index in [4.69, 9.17) is 10.5 Å². The summed E-state index contributed by atoms with van der Waals surface area (Å²) in [4.78, 5) is 10.8.